The van der Waals surface area contributed by atoms with Gasteiger partial charge in [-0.15, -0.1) is 18.3 Å². The Bertz CT molecular complexity index is 574. The van der Waals surface area contributed by atoms with Gasteiger partial charge in [0.15, 0.2) is 11.5 Å². The lowest BCUT2D eigenvalue weighted by atomic mass is 10.0. The quantitative estimate of drug-likeness (QED) is 0.501. The van der Waals surface area contributed by atoms with Gasteiger partial charge in [-0.2, -0.15) is 0 Å². The molecule has 126 valence electrons. The zero-order valence-corrected chi connectivity index (χ0v) is 14.1. The van der Waals surface area contributed by atoms with Crippen molar-refractivity contribution in [3.8, 4) is 11.5 Å². The highest BCUT2D eigenvalue weighted by atomic mass is 32.2. The number of ether oxygens (including phenoxy) is 2. The number of amides is 1. The fourth-order valence-corrected chi connectivity index (χ4v) is 2.55. The normalized spacial score (nSPS) is 10.0. The molecule has 0 bridgehead atoms. The lowest BCUT2D eigenvalue weighted by molar-refractivity contribution is -0.133. The molecule has 6 nitrogen and oxygen atoms in total. The van der Waals surface area contributed by atoms with Gasteiger partial charge < -0.3 is 19.9 Å². The smallest absolute Gasteiger partial charge is 0.313 e. The van der Waals surface area contributed by atoms with Crippen LogP contribution in [0.1, 0.15) is 15.9 Å². The molecule has 0 unspecified atom stereocenters. The molecule has 1 rings (SSSR count). The molecule has 0 aliphatic rings. The van der Waals surface area contributed by atoms with Crippen molar-refractivity contribution in [1.29, 1.82) is 0 Å². The molecule has 0 radical (unpaired) electrons. The molecule has 1 aromatic rings. The van der Waals surface area contributed by atoms with E-state index in [2.05, 4.69) is 11.9 Å². The van der Waals surface area contributed by atoms with Crippen LogP contribution < -0.4 is 14.8 Å². The molecule has 0 aromatic heterocycles. The van der Waals surface area contributed by atoms with Crippen LogP contribution in [0, 0.1) is 0 Å². The summed E-state index contributed by atoms with van der Waals surface area (Å²) in [6.07, 6.45) is 2.27. The number of aliphatic carboxylic acids is 1. The number of hydrogen-bond donors (Lipinski definition) is 2. The Hall–Kier alpha value is -2.15. The molecule has 0 heterocycles. The Morgan fingerprint density at radius 2 is 2.09 bits per heavy atom. The minimum atomic E-state index is -0.865. The van der Waals surface area contributed by atoms with Gasteiger partial charge in [0, 0.05) is 23.4 Å². The van der Waals surface area contributed by atoms with Crippen molar-refractivity contribution in [2.45, 2.75) is 6.42 Å². The largest absolute Gasteiger partial charge is 0.493 e. The molecule has 7 heteroatoms. The summed E-state index contributed by atoms with van der Waals surface area (Å²) in [5.74, 6) is 0.515. The summed E-state index contributed by atoms with van der Waals surface area (Å²) in [5.41, 5.74) is 1.27. The predicted octanol–water partition coefficient (Wildman–Crippen LogP) is 1.98. The second-order valence-electron chi connectivity index (χ2n) is 4.57. The number of carbonyl (C=O) groups excluding carboxylic acids is 1. The van der Waals surface area contributed by atoms with Gasteiger partial charge >= 0.3 is 5.97 Å². The maximum absolute atomic E-state index is 12.2. The molecule has 0 atom stereocenters. The third-order valence-electron chi connectivity index (χ3n) is 2.94. The highest BCUT2D eigenvalue weighted by molar-refractivity contribution is 7.99. The summed E-state index contributed by atoms with van der Waals surface area (Å²) < 4.78 is 10.6. The molecule has 0 spiro atoms. The van der Waals surface area contributed by atoms with Crippen molar-refractivity contribution < 1.29 is 24.2 Å². The SMILES string of the molecule is C=CCc1cc(C(=O)NCCSCC(=O)O)cc(OC)c1OC. The number of rotatable bonds is 10. The number of carboxylic acid groups (broad SMARTS) is 1. The molecule has 23 heavy (non-hydrogen) atoms. The fraction of sp³-hybridized carbons (Fsp3) is 0.375. The lowest BCUT2D eigenvalue weighted by Gasteiger charge is -2.14. The molecule has 2 N–H and O–H groups in total. The van der Waals surface area contributed by atoms with E-state index in [0.29, 0.717) is 35.8 Å². The Morgan fingerprint density at radius 3 is 2.65 bits per heavy atom. The van der Waals surface area contributed by atoms with Crippen LogP contribution in [0.3, 0.4) is 0 Å². The van der Waals surface area contributed by atoms with E-state index in [0.717, 1.165) is 5.56 Å². The summed E-state index contributed by atoms with van der Waals surface area (Å²) in [5, 5.41) is 11.3. The molecule has 0 saturated heterocycles. The highest BCUT2D eigenvalue weighted by Gasteiger charge is 2.15. The first-order valence-corrected chi connectivity index (χ1v) is 8.12. The van der Waals surface area contributed by atoms with E-state index in [-0.39, 0.29) is 11.7 Å². The van der Waals surface area contributed by atoms with E-state index in [9.17, 15) is 9.59 Å². The van der Waals surface area contributed by atoms with Crippen LogP contribution in [0.2, 0.25) is 0 Å². The van der Waals surface area contributed by atoms with Gasteiger partial charge in [-0.3, -0.25) is 9.59 Å². The minimum absolute atomic E-state index is 0.0235. The Kier molecular flexibility index (Phi) is 8.04. The summed E-state index contributed by atoms with van der Waals surface area (Å²) in [6.45, 7) is 4.09. The summed E-state index contributed by atoms with van der Waals surface area (Å²) in [6, 6.07) is 3.36. The molecule has 1 aromatic carbocycles. The number of allylic oxidation sites excluding steroid dienone is 1. The standard InChI is InChI=1S/C16H21NO5S/c1-4-5-11-8-12(9-13(21-2)15(11)22-3)16(20)17-6-7-23-10-14(18)19/h4,8-9H,1,5-7,10H2,2-3H3,(H,17,20)(H,18,19). The highest BCUT2D eigenvalue weighted by Crippen LogP contribution is 2.33. The van der Waals surface area contributed by atoms with E-state index in [1.54, 1.807) is 25.3 Å². The zero-order valence-electron chi connectivity index (χ0n) is 13.3. The average Bonchev–Trinajstić information content (AvgIpc) is 2.53. The van der Waals surface area contributed by atoms with Gasteiger partial charge in [0.2, 0.25) is 0 Å². The number of thioether (sulfide) groups is 1. The van der Waals surface area contributed by atoms with Gasteiger partial charge in [0.05, 0.1) is 20.0 Å². The third kappa shape index (κ3) is 5.86. The van der Waals surface area contributed by atoms with Crippen LogP contribution in [0.15, 0.2) is 24.8 Å². The molecular formula is C16H21NO5S. The van der Waals surface area contributed by atoms with Gasteiger partial charge in [0.1, 0.15) is 0 Å². The number of benzene rings is 1. The summed E-state index contributed by atoms with van der Waals surface area (Å²) in [7, 11) is 3.06. The van der Waals surface area contributed by atoms with Gasteiger partial charge in [-0.25, -0.2) is 0 Å². The number of hydrogen-bond acceptors (Lipinski definition) is 5. The monoisotopic (exact) mass is 339 g/mol. The third-order valence-corrected chi connectivity index (χ3v) is 3.88. The first-order valence-electron chi connectivity index (χ1n) is 6.97. The molecular weight excluding hydrogens is 318 g/mol. The molecule has 0 fully saturated rings. The predicted molar refractivity (Wildman–Crippen MR) is 90.7 cm³/mol. The Labute approximate surface area is 139 Å². The van der Waals surface area contributed by atoms with Crippen molar-refractivity contribution in [1.82, 2.24) is 5.32 Å². The number of methoxy groups -OCH3 is 2. The average molecular weight is 339 g/mol. The van der Waals surface area contributed by atoms with E-state index < -0.39 is 5.97 Å². The van der Waals surface area contributed by atoms with Crippen molar-refractivity contribution in [2.75, 3.05) is 32.3 Å². The number of carboxylic acids is 1. The van der Waals surface area contributed by atoms with Gasteiger partial charge in [-0.1, -0.05) is 6.08 Å². The maximum atomic E-state index is 12.2. The lowest BCUT2D eigenvalue weighted by Crippen LogP contribution is -2.26. The van der Waals surface area contributed by atoms with Crippen LogP contribution >= 0.6 is 11.8 Å². The van der Waals surface area contributed by atoms with E-state index >= 15 is 0 Å². The second-order valence-corrected chi connectivity index (χ2v) is 5.67. The Balaban J connectivity index is 2.77. The summed E-state index contributed by atoms with van der Waals surface area (Å²) in [4.78, 5) is 22.6. The summed E-state index contributed by atoms with van der Waals surface area (Å²) >= 11 is 1.25. The van der Waals surface area contributed by atoms with Crippen LogP contribution in [0.25, 0.3) is 0 Å². The first kappa shape index (κ1) is 18.9. The maximum Gasteiger partial charge on any atom is 0.313 e. The number of nitrogens with one attached hydrogen (secondary N) is 1. The molecule has 0 aliphatic carbocycles. The van der Waals surface area contributed by atoms with E-state index in [1.165, 1.54) is 18.9 Å². The van der Waals surface area contributed by atoms with E-state index in [1.807, 2.05) is 0 Å². The van der Waals surface area contributed by atoms with Crippen molar-refractivity contribution >= 4 is 23.6 Å². The van der Waals surface area contributed by atoms with Crippen LogP contribution in [0.5, 0.6) is 11.5 Å². The molecule has 0 aliphatic heterocycles. The van der Waals surface area contributed by atoms with Crippen molar-refractivity contribution in [2.24, 2.45) is 0 Å². The topological polar surface area (TPSA) is 84.9 Å². The minimum Gasteiger partial charge on any atom is -0.493 e. The van der Waals surface area contributed by atoms with E-state index in [4.69, 9.17) is 14.6 Å². The zero-order chi connectivity index (χ0) is 17.2. The van der Waals surface area contributed by atoms with Crippen molar-refractivity contribution in [3.63, 3.8) is 0 Å². The van der Waals surface area contributed by atoms with Crippen LogP contribution in [-0.2, 0) is 11.2 Å². The fourth-order valence-electron chi connectivity index (χ4n) is 1.98. The van der Waals surface area contributed by atoms with Crippen LogP contribution in [-0.4, -0.2) is 49.3 Å². The van der Waals surface area contributed by atoms with Gasteiger partial charge in [-0.05, 0) is 18.6 Å². The Morgan fingerprint density at radius 1 is 1.35 bits per heavy atom. The van der Waals surface area contributed by atoms with Crippen LogP contribution in [0.4, 0.5) is 0 Å². The number of carbonyl (C=O) groups is 2. The van der Waals surface area contributed by atoms with Crippen molar-refractivity contribution in [3.05, 3.63) is 35.9 Å². The molecule has 0 saturated carbocycles. The second kappa shape index (κ2) is 9.78. The molecule has 1 amide bonds. The first-order chi connectivity index (χ1) is 11.0. The van der Waals surface area contributed by atoms with Gasteiger partial charge in [0.25, 0.3) is 5.91 Å².